The number of benzene rings is 1. The number of ether oxygens (including phenoxy) is 1. The average molecular weight is 400 g/mol. The summed E-state index contributed by atoms with van der Waals surface area (Å²) in [5.74, 6) is 1.32. The standard InChI is InChI=1S/C19H23F3N2O2S/c20-19(21,22)13-3-4-16-12(8-13)9-15(17-11-27-7-5-24(16)17)18(25)23-10-14-2-1-6-26-14/h3-4,8,14-15,17H,1-2,5-7,9-11H2,(H,23,25)/t14-,15-,17-/m0/s1. The predicted octanol–water partition coefficient (Wildman–Crippen LogP) is 3.09. The number of rotatable bonds is 3. The highest BCUT2D eigenvalue weighted by Crippen LogP contribution is 2.40. The fraction of sp³-hybridized carbons (Fsp3) is 0.632. The molecule has 3 heterocycles. The summed E-state index contributed by atoms with van der Waals surface area (Å²) < 4.78 is 44.9. The van der Waals surface area contributed by atoms with Crippen LogP contribution in [0.4, 0.5) is 18.9 Å². The van der Waals surface area contributed by atoms with Gasteiger partial charge >= 0.3 is 6.18 Å². The molecule has 1 amide bonds. The summed E-state index contributed by atoms with van der Waals surface area (Å²) in [5.41, 5.74) is 0.811. The maximum absolute atomic E-state index is 13.1. The van der Waals surface area contributed by atoms with Gasteiger partial charge in [0.25, 0.3) is 0 Å². The number of halogens is 3. The second-order valence-electron chi connectivity index (χ2n) is 7.37. The van der Waals surface area contributed by atoms with Gasteiger partial charge in [-0.2, -0.15) is 24.9 Å². The SMILES string of the molecule is O=C(NC[C@@H]1CCCO1)[C@H]1Cc2cc(C(F)(F)F)ccc2N2CCSC[C@@H]12. The highest BCUT2D eigenvalue weighted by atomic mass is 32.2. The third-order valence-corrected chi connectivity index (χ3v) is 6.70. The van der Waals surface area contributed by atoms with Crippen LogP contribution in [-0.2, 0) is 22.1 Å². The molecule has 1 aromatic carbocycles. The molecule has 0 bridgehead atoms. The van der Waals surface area contributed by atoms with E-state index in [1.54, 1.807) is 17.8 Å². The van der Waals surface area contributed by atoms with E-state index >= 15 is 0 Å². The van der Waals surface area contributed by atoms with Crippen LogP contribution in [0, 0.1) is 5.92 Å². The molecule has 2 saturated heterocycles. The van der Waals surface area contributed by atoms with E-state index in [0.29, 0.717) is 18.5 Å². The van der Waals surface area contributed by atoms with Gasteiger partial charge in [0.1, 0.15) is 0 Å². The smallest absolute Gasteiger partial charge is 0.376 e. The first-order valence-corrected chi connectivity index (χ1v) is 10.5. The molecule has 0 radical (unpaired) electrons. The molecular weight excluding hydrogens is 377 g/mol. The normalized spacial score (nSPS) is 27.8. The van der Waals surface area contributed by atoms with Gasteiger partial charge in [0.2, 0.25) is 5.91 Å². The Labute approximate surface area is 160 Å². The Kier molecular flexibility index (Phi) is 5.29. The summed E-state index contributed by atoms with van der Waals surface area (Å²) in [4.78, 5) is 15.0. The van der Waals surface area contributed by atoms with Crippen LogP contribution >= 0.6 is 11.8 Å². The monoisotopic (exact) mass is 400 g/mol. The maximum atomic E-state index is 13.1. The fourth-order valence-corrected chi connectivity index (χ4v) is 5.40. The number of anilines is 1. The van der Waals surface area contributed by atoms with E-state index in [2.05, 4.69) is 10.2 Å². The van der Waals surface area contributed by atoms with Crippen molar-refractivity contribution >= 4 is 23.4 Å². The van der Waals surface area contributed by atoms with Crippen molar-refractivity contribution in [3.63, 3.8) is 0 Å². The van der Waals surface area contributed by atoms with Gasteiger partial charge in [-0.3, -0.25) is 4.79 Å². The Hall–Kier alpha value is -1.41. The van der Waals surface area contributed by atoms with Gasteiger partial charge in [-0.15, -0.1) is 0 Å². The molecule has 0 saturated carbocycles. The lowest BCUT2D eigenvalue weighted by atomic mass is 9.84. The van der Waals surface area contributed by atoms with E-state index < -0.39 is 11.7 Å². The van der Waals surface area contributed by atoms with Crippen LogP contribution in [-0.4, -0.2) is 49.3 Å². The number of carbonyl (C=O) groups is 1. The summed E-state index contributed by atoms with van der Waals surface area (Å²) >= 11 is 1.80. The van der Waals surface area contributed by atoms with Gasteiger partial charge in [-0.25, -0.2) is 0 Å². The topological polar surface area (TPSA) is 41.6 Å². The van der Waals surface area contributed by atoms with Gasteiger partial charge in [-0.1, -0.05) is 0 Å². The first-order valence-electron chi connectivity index (χ1n) is 9.37. The quantitative estimate of drug-likeness (QED) is 0.847. The molecule has 3 aliphatic rings. The Balaban J connectivity index is 1.56. The number of alkyl halides is 3. The molecule has 0 aromatic heterocycles. The van der Waals surface area contributed by atoms with Crippen LogP contribution in [0.1, 0.15) is 24.0 Å². The molecule has 4 rings (SSSR count). The highest BCUT2D eigenvalue weighted by Gasteiger charge is 2.41. The minimum Gasteiger partial charge on any atom is -0.376 e. The van der Waals surface area contributed by atoms with Crippen molar-refractivity contribution in [3.8, 4) is 0 Å². The van der Waals surface area contributed by atoms with Crippen molar-refractivity contribution in [1.29, 1.82) is 0 Å². The summed E-state index contributed by atoms with van der Waals surface area (Å²) in [6.07, 6.45) is -2.03. The lowest BCUT2D eigenvalue weighted by Crippen LogP contribution is -2.55. The van der Waals surface area contributed by atoms with Gasteiger partial charge in [0.15, 0.2) is 0 Å². The molecule has 8 heteroatoms. The number of fused-ring (bicyclic) bond motifs is 3. The van der Waals surface area contributed by atoms with Crippen molar-refractivity contribution in [2.75, 3.05) is 36.1 Å². The second-order valence-corrected chi connectivity index (χ2v) is 8.52. The number of nitrogens with zero attached hydrogens (tertiary/aromatic N) is 1. The molecule has 1 aromatic rings. The Morgan fingerprint density at radius 3 is 2.96 bits per heavy atom. The van der Waals surface area contributed by atoms with Gasteiger partial charge in [0, 0.05) is 42.9 Å². The average Bonchev–Trinajstić information content (AvgIpc) is 3.18. The van der Waals surface area contributed by atoms with Crippen LogP contribution in [0.2, 0.25) is 0 Å². The van der Waals surface area contributed by atoms with E-state index in [-0.39, 0.29) is 24.0 Å². The Morgan fingerprint density at radius 2 is 2.22 bits per heavy atom. The number of amides is 1. The number of carbonyl (C=O) groups excluding carboxylic acids is 1. The number of hydrogen-bond donors (Lipinski definition) is 1. The minimum absolute atomic E-state index is 0.0254. The summed E-state index contributed by atoms with van der Waals surface area (Å²) in [5, 5.41) is 2.98. The summed E-state index contributed by atoms with van der Waals surface area (Å²) in [6.45, 7) is 1.96. The fourth-order valence-electron chi connectivity index (χ4n) is 4.25. The summed E-state index contributed by atoms with van der Waals surface area (Å²) in [7, 11) is 0. The van der Waals surface area contributed by atoms with Gasteiger partial charge in [-0.05, 0) is 43.0 Å². The molecule has 0 spiro atoms. The Bertz CT molecular complexity index is 707. The Morgan fingerprint density at radius 1 is 1.37 bits per heavy atom. The number of hydrogen-bond acceptors (Lipinski definition) is 4. The van der Waals surface area contributed by atoms with Crippen LogP contribution in [0.25, 0.3) is 0 Å². The van der Waals surface area contributed by atoms with Crippen molar-refractivity contribution < 1.29 is 22.7 Å². The molecule has 3 atom stereocenters. The van der Waals surface area contributed by atoms with Crippen LogP contribution in [0.15, 0.2) is 18.2 Å². The molecular formula is C19H23F3N2O2S. The first-order chi connectivity index (χ1) is 12.9. The van der Waals surface area contributed by atoms with E-state index in [1.807, 2.05) is 0 Å². The zero-order valence-electron chi connectivity index (χ0n) is 14.9. The maximum Gasteiger partial charge on any atom is 0.416 e. The largest absolute Gasteiger partial charge is 0.416 e. The summed E-state index contributed by atoms with van der Waals surface area (Å²) in [6, 6.07) is 3.96. The molecule has 3 aliphatic heterocycles. The third kappa shape index (κ3) is 3.92. The number of nitrogens with one attached hydrogen (secondary N) is 1. The molecule has 148 valence electrons. The molecule has 27 heavy (non-hydrogen) atoms. The van der Waals surface area contributed by atoms with Crippen molar-refractivity contribution in [2.45, 2.75) is 37.6 Å². The highest BCUT2D eigenvalue weighted by molar-refractivity contribution is 7.99. The minimum atomic E-state index is -4.37. The number of thioether (sulfide) groups is 1. The molecule has 1 N–H and O–H groups in total. The van der Waals surface area contributed by atoms with E-state index in [0.717, 1.165) is 49.3 Å². The molecule has 2 fully saturated rings. The van der Waals surface area contributed by atoms with Crippen molar-refractivity contribution in [2.24, 2.45) is 5.92 Å². The lowest BCUT2D eigenvalue weighted by Gasteiger charge is -2.45. The van der Waals surface area contributed by atoms with E-state index in [9.17, 15) is 18.0 Å². The van der Waals surface area contributed by atoms with Crippen LogP contribution < -0.4 is 10.2 Å². The van der Waals surface area contributed by atoms with Gasteiger partial charge < -0.3 is 15.0 Å². The predicted molar refractivity (Wildman–Crippen MR) is 99.1 cm³/mol. The molecule has 0 aliphatic carbocycles. The lowest BCUT2D eigenvalue weighted by molar-refractivity contribution is -0.137. The van der Waals surface area contributed by atoms with Crippen molar-refractivity contribution in [1.82, 2.24) is 5.32 Å². The van der Waals surface area contributed by atoms with Gasteiger partial charge in [0.05, 0.1) is 17.6 Å². The van der Waals surface area contributed by atoms with E-state index in [4.69, 9.17) is 4.74 Å². The van der Waals surface area contributed by atoms with Crippen LogP contribution in [0.3, 0.4) is 0 Å². The third-order valence-electron chi connectivity index (χ3n) is 5.65. The van der Waals surface area contributed by atoms with E-state index in [1.165, 1.54) is 6.07 Å². The first kappa shape index (κ1) is 18.9. The van der Waals surface area contributed by atoms with Crippen LogP contribution in [0.5, 0.6) is 0 Å². The molecule has 0 unspecified atom stereocenters. The zero-order valence-corrected chi connectivity index (χ0v) is 15.7. The van der Waals surface area contributed by atoms with Crippen molar-refractivity contribution in [3.05, 3.63) is 29.3 Å². The second kappa shape index (κ2) is 7.54. The zero-order chi connectivity index (χ0) is 19.0. The molecule has 4 nitrogen and oxygen atoms in total.